The Morgan fingerprint density at radius 2 is 2.00 bits per heavy atom. The minimum atomic E-state index is -4.50. The fourth-order valence-electron chi connectivity index (χ4n) is 1.18. The molecule has 0 N–H and O–H groups in total. The van der Waals surface area contributed by atoms with E-state index >= 15 is 0 Å². The maximum absolute atomic E-state index is 12.3. The van der Waals surface area contributed by atoms with E-state index in [1.165, 1.54) is 0 Å². The summed E-state index contributed by atoms with van der Waals surface area (Å²) in [6, 6.07) is 2.54. The minimum Gasteiger partial charge on any atom is -0.251 e. The van der Waals surface area contributed by atoms with Gasteiger partial charge >= 0.3 is 6.18 Å². The van der Waals surface area contributed by atoms with Crippen molar-refractivity contribution in [1.82, 2.24) is 4.98 Å². The second kappa shape index (κ2) is 3.89. The van der Waals surface area contributed by atoms with E-state index in [1.54, 1.807) is 19.9 Å². The summed E-state index contributed by atoms with van der Waals surface area (Å²) >= 11 is 0. The highest BCUT2D eigenvalue weighted by atomic mass is 19.4. The first-order chi connectivity index (χ1) is 6.86. The lowest BCUT2D eigenvalue weighted by molar-refractivity contribution is -0.141. The van der Waals surface area contributed by atoms with Gasteiger partial charge < -0.3 is 0 Å². The van der Waals surface area contributed by atoms with Crippen LogP contribution >= 0.6 is 0 Å². The SMILES string of the molecule is CC(C)c1cnc(C(F)(F)F)cc1C#N. The topological polar surface area (TPSA) is 36.7 Å². The highest BCUT2D eigenvalue weighted by Gasteiger charge is 2.33. The van der Waals surface area contributed by atoms with E-state index in [2.05, 4.69) is 4.98 Å². The van der Waals surface area contributed by atoms with Crippen LogP contribution in [0.3, 0.4) is 0 Å². The summed E-state index contributed by atoms with van der Waals surface area (Å²) in [5, 5.41) is 8.71. The number of nitriles is 1. The lowest BCUT2D eigenvalue weighted by Crippen LogP contribution is -2.09. The van der Waals surface area contributed by atoms with E-state index in [4.69, 9.17) is 5.26 Å². The van der Waals surface area contributed by atoms with Crippen LogP contribution in [0.15, 0.2) is 12.3 Å². The molecule has 5 heteroatoms. The number of nitrogens with zero attached hydrogens (tertiary/aromatic N) is 2. The number of hydrogen-bond acceptors (Lipinski definition) is 2. The number of halogens is 3. The van der Waals surface area contributed by atoms with Gasteiger partial charge in [-0.05, 0) is 17.5 Å². The summed E-state index contributed by atoms with van der Waals surface area (Å²) in [4.78, 5) is 3.30. The van der Waals surface area contributed by atoms with Gasteiger partial charge in [0.15, 0.2) is 0 Å². The van der Waals surface area contributed by atoms with Crippen molar-refractivity contribution in [2.75, 3.05) is 0 Å². The first-order valence-electron chi connectivity index (χ1n) is 4.33. The van der Waals surface area contributed by atoms with Crippen LogP contribution in [0.5, 0.6) is 0 Å². The molecule has 0 fully saturated rings. The molecule has 1 heterocycles. The normalized spacial score (nSPS) is 11.5. The maximum atomic E-state index is 12.3. The highest BCUT2D eigenvalue weighted by molar-refractivity contribution is 5.39. The maximum Gasteiger partial charge on any atom is 0.433 e. The second-order valence-electron chi connectivity index (χ2n) is 3.42. The molecule has 80 valence electrons. The van der Waals surface area contributed by atoms with E-state index in [0.29, 0.717) is 5.56 Å². The molecule has 1 aromatic rings. The number of rotatable bonds is 1. The number of aromatic nitrogens is 1. The molecular weight excluding hydrogens is 205 g/mol. The van der Waals surface area contributed by atoms with Crippen LogP contribution < -0.4 is 0 Å². The molecule has 0 spiro atoms. The molecule has 15 heavy (non-hydrogen) atoms. The van der Waals surface area contributed by atoms with Gasteiger partial charge in [-0.2, -0.15) is 18.4 Å². The van der Waals surface area contributed by atoms with Crippen molar-refractivity contribution in [3.63, 3.8) is 0 Å². The molecule has 0 aliphatic rings. The van der Waals surface area contributed by atoms with E-state index in [-0.39, 0.29) is 11.5 Å². The molecule has 0 aliphatic carbocycles. The molecule has 0 bridgehead atoms. The Balaban J connectivity index is 3.27. The van der Waals surface area contributed by atoms with Crippen molar-refractivity contribution in [2.24, 2.45) is 0 Å². The molecule has 0 aromatic carbocycles. The number of alkyl halides is 3. The molecule has 0 unspecified atom stereocenters. The average Bonchev–Trinajstić information content (AvgIpc) is 2.15. The van der Waals surface area contributed by atoms with Crippen molar-refractivity contribution in [2.45, 2.75) is 25.9 Å². The van der Waals surface area contributed by atoms with Gasteiger partial charge in [-0.3, -0.25) is 4.98 Å². The van der Waals surface area contributed by atoms with Crippen molar-refractivity contribution in [3.8, 4) is 6.07 Å². The van der Waals surface area contributed by atoms with E-state index in [1.807, 2.05) is 0 Å². The number of pyridine rings is 1. The first kappa shape index (κ1) is 11.5. The summed E-state index contributed by atoms with van der Waals surface area (Å²) in [7, 11) is 0. The lowest BCUT2D eigenvalue weighted by atomic mass is 9.99. The third-order valence-electron chi connectivity index (χ3n) is 1.97. The van der Waals surface area contributed by atoms with E-state index < -0.39 is 11.9 Å². The van der Waals surface area contributed by atoms with Crippen molar-refractivity contribution >= 4 is 0 Å². The molecular formula is C10H9F3N2. The van der Waals surface area contributed by atoms with Gasteiger partial charge in [0.1, 0.15) is 5.69 Å². The van der Waals surface area contributed by atoms with Gasteiger partial charge in [0.05, 0.1) is 11.6 Å². The summed E-state index contributed by atoms with van der Waals surface area (Å²) < 4.78 is 36.8. The highest BCUT2D eigenvalue weighted by Crippen LogP contribution is 2.29. The van der Waals surface area contributed by atoms with Gasteiger partial charge in [-0.15, -0.1) is 0 Å². The Labute approximate surface area is 85.4 Å². The molecule has 0 saturated carbocycles. The summed E-state index contributed by atoms with van der Waals surface area (Å²) in [5.41, 5.74) is -0.457. The van der Waals surface area contributed by atoms with Crippen LogP contribution in [0.2, 0.25) is 0 Å². The summed E-state index contributed by atoms with van der Waals surface area (Å²) in [5.74, 6) is -0.0190. The summed E-state index contributed by atoms with van der Waals surface area (Å²) in [6.07, 6.45) is -3.38. The predicted molar refractivity (Wildman–Crippen MR) is 48.0 cm³/mol. The van der Waals surface area contributed by atoms with Gasteiger partial charge in [0.25, 0.3) is 0 Å². The molecule has 0 radical (unpaired) electrons. The second-order valence-corrected chi connectivity index (χ2v) is 3.42. The van der Waals surface area contributed by atoms with Crippen molar-refractivity contribution in [3.05, 3.63) is 29.1 Å². The third-order valence-corrected chi connectivity index (χ3v) is 1.97. The predicted octanol–water partition coefficient (Wildman–Crippen LogP) is 3.10. The lowest BCUT2D eigenvalue weighted by Gasteiger charge is -2.10. The van der Waals surface area contributed by atoms with Crippen molar-refractivity contribution in [1.29, 1.82) is 5.26 Å². The van der Waals surface area contributed by atoms with Crippen LogP contribution in [-0.4, -0.2) is 4.98 Å². The van der Waals surface area contributed by atoms with E-state index in [9.17, 15) is 13.2 Å². The average molecular weight is 214 g/mol. The Kier molecular flexibility index (Phi) is 2.98. The minimum absolute atomic E-state index is 0.0190. The van der Waals surface area contributed by atoms with Crippen LogP contribution in [-0.2, 0) is 6.18 Å². The monoisotopic (exact) mass is 214 g/mol. The first-order valence-corrected chi connectivity index (χ1v) is 4.33. The summed E-state index contributed by atoms with van der Waals surface area (Å²) in [6.45, 7) is 3.59. The standard InChI is InChI=1S/C10H9F3N2/c1-6(2)8-5-15-9(10(11,12)13)3-7(8)4-14/h3,5-6H,1-2H3. The van der Waals surface area contributed by atoms with Gasteiger partial charge in [-0.1, -0.05) is 13.8 Å². The van der Waals surface area contributed by atoms with Gasteiger partial charge in [0, 0.05) is 6.20 Å². The third kappa shape index (κ3) is 2.46. The van der Waals surface area contributed by atoms with Crippen LogP contribution in [0.25, 0.3) is 0 Å². The van der Waals surface area contributed by atoms with Crippen LogP contribution in [0, 0.1) is 11.3 Å². The van der Waals surface area contributed by atoms with Gasteiger partial charge in [-0.25, -0.2) is 0 Å². The fourth-order valence-corrected chi connectivity index (χ4v) is 1.18. The van der Waals surface area contributed by atoms with Gasteiger partial charge in [0.2, 0.25) is 0 Å². The Hall–Kier alpha value is -1.57. The molecule has 0 saturated heterocycles. The molecule has 2 nitrogen and oxygen atoms in total. The molecule has 1 aromatic heterocycles. The zero-order valence-electron chi connectivity index (χ0n) is 8.26. The van der Waals surface area contributed by atoms with E-state index in [0.717, 1.165) is 12.3 Å². The zero-order valence-corrected chi connectivity index (χ0v) is 8.26. The van der Waals surface area contributed by atoms with Crippen LogP contribution in [0.1, 0.15) is 36.6 Å². The largest absolute Gasteiger partial charge is 0.433 e. The quantitative estimate of drug-likeness (QED) is 0.720. The Morgan fingerprint density at radius 1 is 1.40 bits per heavy atom. The Morgan fingerprint density at radius 3 is 2.40 bits per heavy atom. The van der Waals surface area contributed by atoms with Crippen LogP contribution in [0.4, 0.5) is 13.2 Å². The molecule has 0 aliphatic heterocycles. The smallest absolute Gasteiger partial charge is 0.251 e. The molecule has 0 amide bonds. The zero-order chi connectivity index (χ0) is 11.6. The molecule has 1 rings (SSSR count). The molecule has 0 atom stereocenters. The Bertz CT molecular complexity index is 402. The number of hydrogen-bond donors (Lipinski definition) is 0. The fraction of sp³-hybridized carbons (Fsp3) is 0.400. The van der Waals surface area contributed by atoms with Crippen molar-refractivity contribution < 1.29 is 13.2 Å².